The van der Waals surface area contributed by atoms with Crippen LogP contribution in [0, 0.1) is 0 Å². The molecule has 0 aliphatic rings. The molecule has 0 heterocycles. The summed E-state index contributed by atoms with van der Waals surface area (Å²) in [5, 5.41) is 2.76. The topological polar surface area (TPSA) is 64.3 Å². The third-order valence-electron chi connectivity index (χ3n) is 2.27. The molecule has 1 aromatic carbocycles. The zero-order chi connectivity index (χ0) is 12.5. The molecular weight excluding hydrogens is 216 g/mol. The molecule has 0 spiro atoms. The first-order chi connectivity index (χ1) is 8.29. The van der Waals surface area contributed by atoms with Crippen LogP contribution < -0.4 is 11.1 Å². The van der Waals surface area contributed by atoms with Crippen LogP contribution >= 0.6 is 0 Å². The maximum atomic E-state index is 11.8. The highest BCUT2D eigenvalue weighted by atomic mass is 16.5. The van der Waals surface area contributed by atoms with Crippen molar-refractivity contribution in [3.63, 3.8) is 0 Å². The van der Waals surface area contributed by atoms with E-state index in [0.29, 0.717) is 13.1 Å². The van der Waals surface area contributed by atoms with Crippen molar-refractivity contribution in [2.45, 2.75) is 6.10 Å². The van der Waals surface area contributed by atoms with E-state index in [4.69, 9.17) is 10.5 Å². The van der Waals surface area contributed by atoms with E-state index in [1.54, 1.807) is 6.08 Å². The van der Waals surface area contributed by atoms with Gasteiger partial charge in [0, 0.05) is 20.2 Å². The molecule has 1 amide bonds. The standard InChI is InChI=1S/C13H18N2O2/c1-17-12(11-7-3-2-4-8-11)13(16)15-10-6-5-9-14/h2-8,12H,9-10,14H2,1H3,(H,15,16)/b6-5+/t12-/m1/s1. The van der Waals surface area contributed by atoms with Crippen molar-refractivity contribution < 1.29 is 9.53 Å². The lowest BCUT2D eigenvalue weighted by Gasteiger charge is -2.14. The van der Waals surface area contributed by atoms with Crippen LogP contribution in [0.4, 0.5) is 0 Å². The number of benzene rings is 1. The number of hydrogen-bond acceptors (Lipinski definition) is 3. The van der Waals surface area contributed by atoms with Gasteiger partial charge >= 0.3 is 0 Å². The second-order valence-corrected chi connectivity index (χ2v) is 3.48. The highest BCUT2D eigenvalue weighted by Gasteiger charge is 2.18. The zero-order valence-electron chi connectivity index (χ0n) is 9.93. The summed E-state index contributed by atoms with van der Waals surface area (Å²) in [5.41, 5.74) is 6.14. The molecule has 0 saturated heterocycles. The Bertz CT molecular complexity index is 363. The summed E-state index contributed by atoms with van der Waals surface area (Å²) in [6, 6.07) is 9.39. The molecule has 4 heteroatoms. The molecule has 0 bridgehead atoms. The Balaban J connectivity index is 2.56. The molecule has 0 saturated carbocycles. The van der Waals surface area contributed by atoms with Crippen molar-refractivity contribution in [3.8, 4) is 0 Å². The summed E-state index contributed by atoms with van der Waals surface area (Å²) in [6.45, 7) is 0.936. The van der Waals surface area contributed by atoms with Crippen molar-refractivity contribution in [1.29, 1.82) is 0 Å². The van der Waals surface area contributed by atoms with Crippen molar-refractivity contribution >= 4 is 5.91 Å². The molecule has 1 aromatic rings. The van der Waals surface area contributed by atoms with Gasteiger partial charge < -0.3 is 15.8 Å². The van der Waals surface area contributed by atoms with Crippen LogP contribution in [0.1, 0.15) is 11.7 Å². The van der Waals surface area contributed by atoms with E-state index in [2.05, 4.69) is 5.32 Å². The van der Waals surface area contributed by atoms with Crippen LogP contribution in [-0.4, -0.2) is 26.1 Å². The number of nitrogens with one attached hydrogen (secondary N) is 1. The van der Waals surface area contributed by atoms with E-state index in [1.165, 1.54) is 7.11 Å². The van der Waals surface area contributed by atoms with Gasteiger partial charge in [-0.25, -0.2) is 0 Å². The molecule has 1 atom stereocenters. The van der Waals surface area contributed by atoms with Crippen LogP contribution in [0.15, 0.2) is 42.5 Å². The normalized spacial score (nSPS) is 12.6. The predicted molar refractivity (Wildman–Crippen MR) is 67.4 cm³/mol. The van der Waals surface area contributed by atoms with E-state index in [9.17, 15) is 4.79 Å². The molecule has 0 fully saturated rings. The van der Waals surface area contributed by atoms with Gasteiger partial charge in [0.05, 0.1) is 0 Å². The highest BCUT2D eigenvalue weighted by molar-refractivity contribution is 5.82. The van der Waals surface area contributed by atoms with Gasteiger partial charge in [0.1, 0.15) is 0 Å². The third kappa shape index (κ3) is 4.38. The molecule has 0 unspecified atom stereocenters. The fourth-order valence-electron chi connectivity index (χ4n) is 1.45. The number of hydrogen-bond donors (Lipinski definition) is 2. The zero-order valence-corrected chi connectivity index (χ0v) is 9.93. The average Bonchev–Trinajstić information content (AvgIpc) is 2.37. The Morgan fingerprint density at radius 1 is 1.41 bits per heavy atom. The average molecular weight is 234 g/mol. The summed E-state index contributed by atoms with van der Waals surface area (Å²) in [6.07, 6.45) is 3.04. The summed E-state index contributed by atoms with van der Waals surface area (Å²) in [4.78, 5) is 11.8. The van der Waals surface area contributed by atoms with Crippen LogP contribution in [0.5, 0.6) is 0 Å². The van der Waals surface area contributed by atoms with Crippen LogP contribution in [0.2, 0.25) is 0 Å². The quantitative estimate of drug-likeness (QED) is 0.722. The van der Waals surface area contributed by atoms with Crippen molar-refractivity contribution in [3.05, 3.63) is 48.0 Å². The fourth-order valence-corrected chi connectivity index (χ4v) is 1.45. The van der Waals surface area contributed by atoms with Gasteiger partial charge in [-0.2, -0.15) is 0 Å². The number of carbonyl (C=O) groups excluding carboxylic acids is 1. The number of carbonyl (C=O) groups is 1. The van der Waals surface area contributed by atoms with Gasteiger partial charge in [-0.1, -0.05) is 42.5 Å². The number of ether oxygens (including phenoxy) is 1. The molecule has 0 aromatic heterocycles. The predicted octanol–water partition coefficient (Wildman–Crippen LogP) is 1.01. The maximum absolute atomic E-state index is 11.8. The van der Waals surface area contributed by atoms with E-state index in [-0.39, 0.29) is 5.91 Å². The molecule has 3 N–H and O–H groups in total. The molecule has 17 heavy (non-hydrogen) atoms. The SMILES string of the molecule is CO[C@@H](C(=O)NC/C=C/CN)c1ccccc1. The van der Waals surface area contributed by atoms with Gasteiger partial charge in [-0.05, 0) is 5.56 Å². The smallest absolute Gasteiger partial charge is 0.253 e. The number of rotatable bonds is 6. The van der Waals surface area contributed by atoms with Crippen molar-refractivity contribution in [2.75, 3.05) is 20.2 Å². The Morgan fingerprint density at radius 2 is 2.12 bits per heavy atom. The Morgan fingerprint density at radius 3 is 2.71 bits per heavy atom. The summed E-state index contributed by atoms with van der Waals surface area (Å²) >= 11 is 0. The second kappa shape index (κ2) is 7.60. The van der Waals surface area contributed by atoms with Crippen LogP contribution in [-0.2, 0) is 9.53 Å². The van der Waals surface area contributed by atoms with Gasteiger partial charge in [-0.15, -0.1) is 0 Å². The van der Waals surface area contributed by atoms with Gasteiger partial charge in [-0.3, -0.25) is 4.79 Å². The lowest BCUT2D eigenvalue weighted by atomic mass is 10.1. The van der Waals surface area contributed by atoms with Gasteiger partial charge in [0.25, 0.3) is 5.91 Å². The maximum Gasteiger partial charge on any atom is 0.253 e. The minimum atomic E-state index is -0.567. The van der Waals surface area contributed by atoms with E-state index in [0.717, 1.165) is 5.56 Å². The highest BCUT2D eigenvalue weighted by Crippen LogP contribution is 2.15. The largest absolute Gasteiger partial charge is 0.367 e. The number of nitrogens with two attached hydrogens (primary N) is 1. The lowest BCUT2D eigenvalue weighted by molar-refractivity contribution is -0.131. The first-order valence-electron chi connectivity index (χ1n) is 5.50. The molecule has 0 radical (unpaired) electrons. The van der Waals surface area contributed by atoms with Crippen molar-refractivity contribution in [1.82, 2.24) is 5.32 Å². The fraction of sp³-hybridized carbons (Fsp3) is 0.308. The second-order valence-electron chi connectivity index (χ2n) is 3.48. The Hall–Kier alpha value is -1.65. The lowest BCUT2D eigenvalue weighted by Crippen LogP contribution is -2.30. The summed E-state index contributed by atoms with van der Waals surface area (Å²) < 4.78 is 5.19. The molecule has 0 aliphatic heterocycles. The Labute approximate surface area is 101 Å². The van der Waals surface area contributed by atoms with Gasteiger partial charge in [0.15, 0.2) is 6.10 Å². The van der Waals surface area contributed by atoms with E-state index < -0.39 is 6.10 Å². The van der Waals surface area contributed by atoms with E-state index in [1.807, 2.05) is 36.4 Å². The van der Waals surface area contributed by atoms with Crippen LogP contribution in [0.3, 0.4) is 0 Å². The van der Waals surface area contributed by atoms with E-state index >= 15 is 0 Å². The first-order valence-corrected chi connectivity index (χ1v) is 5.50. The van der Waals surface area contributed by atoms with Gasteiger partial charge in [0.2, 0.25) is 0 Å². The molecule has 92 valence electrons. The molecular formula is C13H18N2O2. The minimum absolute atomic E-state index is 0.152. The summed E-state index contributed by atoms with van der Waals surface area (Å²) in [7, 11) is 1.52. The minimum Gasteiger partial charge on any atom is -0.367 e. The molecule has 1 rings (SSSR count). The Kier molecular flexibility index (Phi) is 5.99. The first kappa shape index (κ1) is 13.4. The summed E-state index contributed by atoms with van der Waals surface area (Å²) in [5.74, 6) is -0.152. The third-order valence-corrected chi connectivity index (χ3v) is 2.27. The monoisotopic (exact) mass is 234 g/mol. The molecule has 0 aliphatic carbocycles. The number of amides is 1. The number of methoxy groups -OCH3 is 1. The van der Waals surface area contributed by atoms with Crippen molar-refractivity contribution in [2.24, 2.45) is 5.73 Å². The molecule has 4 nitrogen and oxygen atoms in total. The van der Waals surface area contributed by atoms with Crippen LogP contribution in [0.25, 0.3) is 0 Å².